The second kappa shape index (κ2) is 13.9. The second-order valence-electron chi connectivity index (χ2n) is 14.5. The summed E-state index contributed by atoms with van der Waals surface area (Å²) in [5, 5.41) is 18.4. The van der Waals surface area contributed by atoms with E-state index in [0.29, 0.717) is 11.4 Å². The molecule has 6 unspecified atom stereocenters. The number of anilines is 3. The molecule has 4 aromatic carbocycles. The Bertz CT molecular complexity index is 2510. The Hall–Kier alpha value is -5.38. The van der Waals surface area contributed by atoms with Crippen LogP contribution in [0.3, 0.4) is 0 Å². The fraction of sp³-hybridized carbons (Fsp3) is 0.250. The molecule has 2 aliphatic heterocycles. The summed E-state index contributed by atoms with van der Waals surface area (Å²) in [6.07, 6.45) is 0.784. The number of carbonyl (C=O) groups is 4. The predicted octanol–water partition coefficient (Wildman–Crippen LogP) is 8.99. The van der Waals surface area contributed by atoms with Crippen LogP contribution in [0.15, 0.2) is 88.6 Å². The molecule has 4 aromatic rings. The van der Waals surface area contributed by atoms with Crippen molar-refractivity contribution in [3.63, 3.8) is 0 Å². The van der Waals surface area contributed by atoms with Gasteiger partial charge in [-0.2, -0.15) is 10.2 Å². The molecule has 0 radical (unpaired) electrons. The zero-order chi connectivity index (χ0) is 41.7. The van der Waals surface area contributed by atoms with Gasteiger partial charge < -0.3 is 10.0 Å². The van der Waals surface area contributed by atoms with Crippen LogP contribution < -0.4 is 14.7 Å². The summed E-state index contributed by atoms with van der Waals surface area (Å²) in [7, 11) is 3.81. The summed E-state index contributed by atoms with van der Waals surface area (Å²) in [5.74, 6) is -22.3. The molecule has 2 saturated heterocycles. The molecule has 18 heteroatoms. The lowest BCUT2D eigenvalue weighted by Gasteiger charge is -2.50. The number of allylic oxidation sites excluding steroid dienone is 2. The molecule has 10 nitrogen and oxygen atoms in total. The third-order valence-corrected chi connectivity index (χ3v) is 13.0. The molecule has 4 amide bonds. The van der Waals surface area contributed by atoms with Crippen LogP contribution in [0.1, 0.15) is 24.3 Å². The number of aromatic hydroxyl groups is 1. The van der Waals surface area contributed by atoms with E-state index in [4.69, 9.17) is 34.8 Å². The molecule has 0 spiro atoms. The van der Waals surface area contributed by atoms with E-state index in [-0.39, 0.29) is 38.9 Å². The van der Waals surface area contributed by atoms with E-state index in [1.165, 1.54) is 24.3 Å². The first-order valence-corrected chi connectivity index (χ1v) is 18.7. The molecule has 0 aromatic heterocycles. The zero-order valence-corrected chi connectivity index (χ0v) is 32.3. The highest BCUT2D eigenvalue weighted by molar-refractivity contribution is 6.58. The van der Waals surface area contributed by atoms with Crippen molar-refractivity contribution in [3.8, 4) is 5.75 Å². The van der Waals surface area contributed by atoms with Crippen LogP contribution >= 0.6 is 34.8 Å². The minimum Gasteiger partial charge on any atom is -0.508 e. The first-order chi connectivity index (χ1) is 27.4. The fourth-order valence-corrected chi connectivity index (χ4v) is 9.73. The molecule has 298 valence electrons. The maximum Gasteiger partial charge on any atom is 0.258 e. The number of alkyl halides is 2. The number of benzene rings is 4. The Morgan fingerprint density at radius 3 is 1.88 bits per heavy atom. The maximum absolute atomic E-state index is 15.3. The normalized spacial score (nSPS) is 26.6. The summed E-state index contributed by atoms with van der Waals surface area (Å²) in [6, 6.07) is 16.9. The molecule has 0 bridgehead atoms. The SMILES string of the molecule is CN(C)c1ccc(N=Nc2ccc(N3C(=O)C4CC=C5C(CC6(Cl)C(=O)N(c7c(F)c(F)c(F)c(F)c7F)C(=O)C6(Cl)C5c5ccc(O)cc5Cl)C4C3=O)cc2)cc1. The third kappa shape index (κ3) is 5.57. The molecule has 2 aliphatic carbocycles. The van der Waals surface area contributed by atoms with Crippen molar-refractivity contribution in [3.05, 3.63) is 118 Å². The Kier molecular flexibility index (Phi) is 9.44. The van der Waals surface area contributed by atoms with Crippen molar-refractivity contribution in [2.45, 2.75) is 28.5 Å². The maximum atomic E-state index is 15.3. The van der Waals surface area contributed by atoms with Crippen LogP contribution in [0, 0.1) is 46.8 Å². The van der Waals surface area contributed by atoms with Gasteiger partial charge in [-0.25, -0.2) is 26.9 Å². The summed E-state index contributed by atoms with van der Waals surface area (Å²) in [5.41, 5.74) is 0.436. The number of imide groups is 2. The lowest BCUT2D eigenvalue weighted by atomic mass is 9.56. The fourth-order valence-electron chi connectivity index (χ4n) is 8.52. The van der Waals surface area contributed by atoms with Gasteiger partial charge >= 0.3 is 0 Å². The summed E-state index contributed by atoms with van der Waals surface area (Å²) < 4.78 is 73.7. The monoisotopic (exact) mass is 857 g/mol. The molecule has 6 atom stereocenters. The number of carbonyl (C=O) groups excluding carboxylic acids is 4. The lowest BCUT2D eigenvalue weighted by molar-refractivity contribution is -0.125. The number of nitrogens with zero attached hydrogens (tertiary/aromatic N) is 5. The van der Waals surface area contributed by atoms with E-state index in [2.05, 4.69) is 10.2 Å². The minimum absolute atomic E-state index is 0.0265. The smallest absolute Gasteiger partial charge is 0.258 e. The van der Waals surface area contributed by atoms with Crippen molar-refractivity contribution in [1.82, 2.24) is 0 Å². The van der Waals surface area contributed by atoms with Crippen molar-refractivity contribution < 1.29 is 46.2 Å². The Morgan fingerprint density at radius 1 is 0.741 bits per heavy atom. The highest BCUT2D eigenvalue weighted by atomic mass is 35.5. The number of azo groups is 1. The van der Waals surface area contributed by atoms with Gasteiger partial charge in [0.1, 0.15) is 11.4 Å². The van der Waals surface area contributed by atoms with Crippen molar-refractivity contribution >= 4 is 86.9 Å². The second-order valence-corrected chi connectivity index (χ2v) is 16.2. The highest BCUT2D eigenvalue weighted by Gasteiger charge is 2.77. The molecule has 8 rings (SSSR count). The van der Waals surface area contributed by atoms with E-state index in [9.17, 15) is 37.5 Å². The van der Waals surface area contributed by atoms with Crippen LogP contribution in [0.25, 0.3) is 0 Å². The minimum atomic E-state index is -2.76. The quantitative estimate of drug-likeness (QED) is 0.0393. The third-order valence-electron chi connectivity index (χ3n) is 11.3. The van der Waals surface area contributed by atoms with E-state index >= 15 is 8.78 Å². The van der Waals surface area contributed by atoms with Gasteiger partial charge in [0.25, 0.3) is 11.8 Å². The number of amides is 4. The largest absolute Gasteiger partial charge is 0.508 e. The standard InChI is InChI=1S/C40H27Cl3F5N5O5/c1-51(2)19-7-3-17(4-8-19)49-50-18-5-9-20(10-6-18)52-35(55)24-14-13-22-25(27(24)36(52)56)16-39(42)37(57)53(34-32(47)30(45)29(44)31(46)33(34)48)38(58)40(39,43)28(22)23-12-11-21(54)15-26(23)41/h3-13,15,24-25,27-28,54H,14,16H2,1-2H3. The Balaban J connectivity index is 1.18. The number of phenolic OH excluding ortho intramolecular Hbond substituents is 1. The van der Waals surface area contributed by atoms with Crippen LogP contribution in [0.5, 0.6) is 5.75 Å². The first kappa shape index (κ1) is 39.4. The van der Waals surface area contributed by atoms with Crippen LogP contribution in [-0.2, 0) is 19.2 Å². The zero-order valence-electron chi connectivity index (χ0n) is 30.0. The topological polar surface area (TPSA) is 123 Å². The molecule has 1 saturated carbocycles. The molecule has 1 N–H and O–H groups in total. The van der Waals surface area contributed by atoms with E-state index in [0.717, 1.165) is 16.7 Å². The van der Waals surface area contributed by atoms with E-state index in [1.807, 2.05) is 31.1 Å². The molecular weight excluding hydrogens is 832 g/mol. The summed E-state index contributed by atoms with van der Waals surface area (Å²) in [6.45, 7) is 0. The van der Waals surface area contributed by atoms with Gasteiger partial charge in [0.15, 0.2) is 33.0 Å². The molecule has 2 heterocycles. The number of hydrogen-bond donors (Lipinski definition) is 1. The van der Waals surface area contributed by atoms with Gasteiger partial charge in [-0.3, -0.25) is 24.1 Å². The Labute approximate surface area is 341 Å². The van der Waals surface area contributed by atoms with E-state index in [1.54, 1.807) is 30.3 Å². The van der Waals surface area contributed by atoms with Gasteiger partial charge in [0, 0.05) is 30.7 Å². The van der Waals surface area contributed by atoms with Gasteiger partial charge in [-0.15, -0.1) is 23.2 Å². The predicted molar refractivity (Wildman–Crippen MR) is 203 cm³/mol. The summed E-state index contributed by atoms with van der Waals surface area (Å²) in [4.78, 5) is 54.5. The van der Waals surface area contributed by atoms with Crippen molar-refractivity contribution in [2.75, 3.05) is 28.8 Å². The first-order valence-electron chi connectivity index (χ1n) is 17.6. The Morgan fingerprint density at radius 2 is 1.31 bits per heavy atom. The van der Waals surface area contributed by atoms with Crippen LogP contribution in [0.4, 0.5) is 50.4 Å². The summed E-state index contributed by atoms with van der Waals surface area (Å²) >= 11 is 20.9. The number of phenols is 1. The van der Waals surface area contributed by atoms with Gasteiger partial charge in [0.2, 0.25) is 17.6 Å². The molecular formula is C40H27Cl3F5N5O5. The van der Waals surface area contributed by atoms with E-state index < -0.39 is 98.2 Å². The molecule has 3 fully saturated rings. The number of rotatable bonds is 6. The average molecular weight is 859 g/mol. The van der Waals surface area contributed by atoms with Crippen molar-refractivity contribution in [1.29, 1.82) is 0 Å². The lowest BCUT2D eigenvalue weighted by Crippen LogP contribution is -2.60. The highest BCUT2D eigenvalue weighted by Crippen LogP contribution is 2.66. The molecule has 58 heavy (non-hydrogen) atoms. The van der Waals surface area contributed by atoms with Gasteiger partial charge in [0.05, 0.1) is 28.9 Å². The average Bonchev–Trinajstić information content (AvgIpc) is 3.54. The molecule has 4 aliphatic rings. The van der Waals surface area contributed by atoms with Gasteiger partial charge in [-0.1, -0.05) is 29.3 Å². The van der Waals surface area contributed by atoms with Crippen LogP contribution in [-0.4, -0.2) is 52.6 Å². The van der Waals surface area contributed by atoms with Gasteiger partial charge in [-0.05, 0) is 85.0 Å². The van der Waals surface area contributed by atoms with Crippen molar-refractivity contribution in [2.24, 2.45) is 28.0 Å². The number of fused-ring (bicyclic) bond motifs is 4. The van der Waals surface area contributed by atoms with Crippen LogP contribution in [0.2, 0.25) is 5.02 Å². The number of halogens is 8. The number of hydrogen-bond acceptors (Lipinski definition) is 8.